The number of ether oxygens (including phenoxy) is 1. The van der Waals surface area contributed by atoms with E-state index in [0.717, 1.165) is 34.1 Å². The second-order valence-corrected chi connectivity index (χ2v) is 10.4. The number of nitrogens with zero attached hydrogens (tertiary/aromatic N) is 2. The maximum absolute atomic E-state index is 12.2. The molecule has 0 saturated carbocycles. The van der Waals surface area contributed by atoms with Gasteiger partial charge in [0, 0.05) is 28.2 Å². The number of H-pyrrole nitrogens is 1. The number of nitro groups is 1. The number of aromatic nitrogens is 1. The van der Waals surface area contributed by atoms with E-state index in [1.807, 2.05) is 37.3 Å². The molecule has 180 valence electrons. The summed E-state index contributed by atoms with van der Waals surface area (Å²) in [6.07, 6.45) is 2.42. The number of nitro benzene ring substituents is 1. The standard InChI is InChI=1S/C26H32N4O4/c1-17-20(19-9-7-8-10-21(19)28-17)14-27-29-24(31)15-34-23-12-11-18(13-22(23)30(32)33)26(5,6)16-25(2,3)4/h7-14,28H,15-16H2,1-6H3,(H,29,31)/b27-14-. The summed E-state index contributed by atoms with van der Waals surface area (Å²) in [5.41, 5.74) is 5.71. The molecule has 3 rings (SSSR count). The molecule has 8 nitrogen and oxygen atoms in total. The molecular weight excluding hydrogens is 432 g/mol. The monoisotopic (exact) mass is 464 g/mol. The number of fused-ring (bicyclic) bond motifs is 1. The van der Waals surface area contributed by atoms with E-state index in [2.05, 4.69) is 50.1 Å². The molecule has 34 heavy (non-hydrogen) atoms. The Morgan fingerprint density at radius 1 is 1.18 bits per heavy atom. The smallest absolute Gasteiger partial charge is 0.311 e. The topological polar surface area (TPSA) is 110 Å². The molecule has 0 aliphatic heterocycles. The average molecular weight is 465 g/mol. The lowest BCUT2D eigenvalue weighted by atomic mass is 9.72. The van der Waals surface area contributed by atoms with Gasteiger partial charge in [0.25, 0.3) is 5.91 Å². The molecule has 0 spiro atoms. The summed E-state index contributed by atoms with van der Waals surface area (Å²) < 4.78 is 5.48. The van der Waals surface area contributed by atoms with Gasteiger partial charge < -0.3 is 9.72 Å². The highest BCUT2D eigenvalue weighted by Gasteiger charge is 2.29. The maximum Gasteiger partial charge on any atom is 0.311 e. The molecule has 2 aromatic carbocycles. The van der Waals surface area contributed by atoms with Gasteiger partial charge in [-0.25, -0.2) is 5.43 Å². The van der Waals surface area contributed by atoms with Crippen LogP contribution in [0.5, 0.6) is 5.75 Å². The van der Waals surface area contributed by atoms with Crippen LogP contribution in [-0.4, -0.2) is 28.6 Å². The van der Waals surface area contributed by atoms with Crippen molar-refractivity contribution in [3.8, 4) is 5.75 Å². The van der Waals surface area contributed by atoms with Gasteiger partial charge in [-0.15, -0.1) is 0 Å². The normalized spacial score (nSPS) is 12.3. The molecule has 0 aliphatic rings. The summed E-state index contributed by atoms with van der Waals surface area (Å²) in [6.45, 7) is 12.1. The molecule has 0 radical (unpaired) electrons. The number of hydrogen-bond acceptors (Lipinski definition) is 5. The maximum atomic E-state index is 12.2. The van der Waals surface area contributed by atoms with E-state index in [1.54, 1.807) is 12.3 Å². The molecule has 0 fully saturated rings. The van der Waals surface area contributed by atoms with Crippen LogP contribution in [0.1, 0.15) is 57.9 Å². The highest BCUT2D eigenvalue weighted by molar-refractivity contribution is 6.00. The minimum atomic E-state index is -0.514. The summed E-state index contributed by atoms with van der Waals surface area (Å²) in [7, 11) is 0. The Balaban J connectivity index is 1.67. The molecule has 0 saturated heterocycles. The number of carbonyl (C=O) groups is 1. The fourth-order valence-electron chi connectivity index (χ4n) is 4.44. The van der Waals surface area contributed by atoms with Crippen molar-refractivity contribution in [2.45, 2.75) is 53.4 Å². The summed E-state index contributed by atoms with van der Waals surface area (Å²) >= 11 is 0. The Morgan fingerprint density at radius 2 is 1.88 bits per heavy atom. The zero-order valence-corrected chi connectivity index (χ0v) is 20.6. The number of carbonyl (C=O) groups excluding carboxylic acids is 1. The Labute approximate surface area is 199 Å². The number of amides is 1. The van der Waals surface area contributed by atoms with E-state index in [9.17, 15) is 14.9 Å². The van der Waals surface area contributed by atoms with Gasteiger partial charge in [0.1, 0.15) is 0 Å². The molecule has 0 bridgehead atoms. The van der Waals surface area contributed by atoms with Crippen LogP contribution in [0.15, 0.2) is 47.6 Å². The van der Waals surface area contributed by atoms with Gasteiger partial charge in [-0.1, -0.05) is 58.9 Å². The third kappa shape index (κ3) is 6.01. The number of rotatable bonds is 8. The molecule has 0 unspecified atom stereocenters. The number of benzene rings is 2. The lowest BCUT2D eigenvalue weighted by molar-refractivity contribution is -0.385. The largest absolute Gasteiger partial charge is 0.477 e. The summed E-state index contributed by atoms with van der Waals surface area (Å²) in [4.78, 5) is 26.7. The SMILES string of the molecule is Cc1[nH]c2ccccc2c1/C=N\NC(=O)COc1ccc(C(C)(C)CC(C)(C)C)cc1[N+](=O)[O-]. The molecule has 0 aliphatic carbocycles. The van der Waals surface area contributed by atoms with Crippen LogP contribution in [0.4, 0.5) is 5.69 Å². The third-order valence-electron chi connectivity index (χ3n) is 5.59. The number of hydrogen-bond donors (Lipinski definition) is 2. The Kier molecular flexibility index (Phi) is 7.09. The van der Waals surface area contributed by atoms with Gasteiger partial charge in [0.2, 0.25) is 0 Å². The van der Waals surface area contributed by atoms with Crippen molar-refractivity contribution in [3.63, 3.8) is 0 Å². The van der Waals surface area contributed by atoms with Crippen molar-refractivity contribution < 1.29 is 14.5 Å². The van der Waals surface area contributed by atoms with Crippen molar-refractivity contribution in [2.24, 2.45) is 10.5 Å². The minimum absolute atomic E-state index is 0.0481. The molecule has 3 aromatic rings. The zero-order chi connectivity index (χ0) is 25.1. The molecule has 2 N–H and O–H groups in total. The van der Waals surface area contributed by atoms with E-state index in [-0.39, 0.29) is 22.3 Å². The Morgan fingerprint density at radius 3 is 2.56 bits per heavy atom. The number of hydrazone groups is 1. The van der Waals surface area contributed by atoms with Crippen LogP contribution in [0.2, 0.25) is 0 Å². The van der Waals surface area contributed by atoms with E-state index in [0.29, 0.717) is 0 Å². The van der Waals surface area contributed by atoms with Crippen molar-refractivity contribution in [1.29, 1.82) is 0 Å². The Hall–Kier alpha value is -3.68. The molecule has 1 aromatic heterocycles. The fraction of sp³-hybridized carbons (Fsp3) is 0.385. The predicted molar refractivity (Wildman–Crippen MR) is 134 cm³/mol. The third-order valence-corrected chi connectivity index (χ3v) is 5.59. The Bertz CT molecular complexity index is 1240. The van der Waals surface area contributed by atoms with Crippen molar-refractivity contribution in [2.75, 3.05) is 6.61 Å². The predicted octanol–water partition coefficient (Wildman–Crippen LogP) is 5.63. The first-order valence-electron chi connectivity index (χ1n) is 11.2. The van der Waals surface area contributed by atoms with Gasteiger partial charge in [-0.2, -0.15) is 5.10 Å². The van der Waals surface area contributed by atoms with Crippen LogP contribution >= 0.6 is 0 Å². The second-order valence-electron chi connectivity index (χ2n) is 10.4. The van der Waals surface area contributed by atoms with Crippen molar-refractivity contribution in [1.82, 2.24) is 10.4 Å². The molecule has 8 heteroatoms. The van der Waals surface area contributed by atoms with Gasteiger partial charge in [-0.05, 0) is 41.9 Å². The van der Waals surface area contributed by atoms with Crippen LogP contribution in [0.25, 0.3) is 10.9 Å². The van der Waals surface area contributed by atoms with Gasteiger partial charge in [0.05, 0.1) is 11.1 Å². The number of aryl methyl sites for hydroxylation is 1. The lowest BCUT2D eigenvalue weighted by Gasteiger charge is -2.33. The van der Waals surface area contributed by atoms with Crippen LogP contribution < -0.4 is 10.2 Å². The first kappa shape index (κ1) is 25.0. The highest BCUT2D eigenvalue weighted by atomic mass is 16.6. The van der Waals surface area contributed by atoms with E-state index in [4.69, 9.17) is 4.74 Å². The number of nitrogens with one attached hydrogen (secondary N) is 2. The van der Waals surface area contributed by atoms with E-state index < -0.39 is 17.4 Å². The zero-order valence-electron chi connectivity index (χ0n) is 20.6. The fourth-order valence-corrected chi connectivity index (χ4v) is 4.44. The van der Waals surface area contributed by atoms with Crippen LogP contribution in [0.3, 0.4) is 0 Å². The van der Waals surface area contributed by atoms with E-state index in [1.165, 1.54) is 6.07 Å². The molecular formula is C26H32N4O4. The molecule has 1 amide bonds. The van der Waals surface area contributed by atoms with Crippen molar-refractivity contribution in [3.05, 3.63) is 69.4 Å². The van der Waals surface area contributed by atoms with Gasteiger partial charge >= 0.3 is 5.69 Å². The first-order chi connectivity index (χ1) is 15.9. The van der Waals surface area contributed by atoms with Crippen LogP contribution in [-0.2, 0) is 10.2 Å². The first-order valence-corrected chi connectivity index (χ1v) is 11.2. The summed E-state index contributed by atoms with van der Waals surface area (Å²) in [6, 6.07) is 12.7. The summed E-state index contributed by atoms with van der Waals surface area (Å²) in [5.74, 6) is -0.466. The van der Waals surface area contributed by atoms with Gasteiger partial charge in [-0.3, -0.25) is 14.9 Å². The molecule has 1 heterocycles. The van der Waals surface area contributed by atoms with Crippen molar-refractivity contribution >= 4 is 28.7 Å². The van der Waals surface area contributed by atoms with E-state index >= 15 is 0 Å². The number of para-hydroxylation sites is 1. The highest BCUT2D eigenvalue weighted by Crippen LogP contribution is 2.39. The molecule has 0 atom stereocenters. The second kappa shape index (κ2) is 9.67. The van der Waals surface area contributed by atoms with Gasteiger partial charge in [0.15, 0.2) is 12.4 Å². The minimum Gasteiger partial charge on any atom is -0.477 e. The average Bonchev–Trinajstić information content (AvgIpc) is 3.05. The van der Waals surface area contributed by atoms with Crippen LogP contribution in [0, 0.1) is 22.5 Å². The summed E-state index contributed by atoms with van der Waals surface area (Å²) in [5, 5.41) is 16.7. The number of aromatic amines is 1. The quantitative estimate of drug-likeness (QED) is 0.256. The lowest BCUT2D eigenvalue weighted by Crippen LogP contribution is -2.26.